The Bertz CT molecular complexity index is 975. The summed E-state index contributed by atoms with van der Waals surface area (Å²) in [7, 11) is 1.60. The molecule has 148 valence electrons. The van der Waals surface area contributed by atoms with E-state index in [2.05, 4.69) is 10.3 Å². The normalized spacial score (nSPS) is 29.2. The fourth-order valence-electron chi connectivity index (χ4n) is 4.59. The molecule has 4 heterocycles. The monoisotopic (exact) mass is 391 g/mol. The zero-order valence-corrected chi connectivity index (χ0v) is 15.9. The lowest BCUT2D eigenvalue weighted by atomic mass is 9.77. The predicted octanol–water partition coefficient (Wildman–Crippen LogP) is 1.69. The molecule has 3 aliphatic rings. The first-order valence-electron chi connectivity index (χ1n) is 9.60. The fourth-order valence-corrected chi connectivity index (χ4v) is 4.59. The number of carbonyl (C=O) groups is 2. The lowest BCUT2D eigenvalue weighted by Gasteiger charge is -2.23. The van der Waals surface area contributed by atoms with Crippen LogP contribution in [0.25, 0.3) is 0 Å². The number of ether oxygens (including phenoxy) is 2. The second kappa shape index (κ2) is 6.70. The zero-order valence-electron chi connectivity index (χ0n) is 15.9. The molecule has 0 aliphatic carbocycles. The minimum absolute atomic E-state index is 0.0777. The summed E-state index contributed by atoms with van der Waals surface area (Å²) in [5.41, 5.74) is 0.997. The first kappa shape index (κ1) is 17.9. The number of nitrogens with zero attached hydrogens (tertiary/aromatic N) is 2. The van der Waals surface area contributed by atoms with Crippen molar-refractivity contribution in [2.24, 2.45) is 11.8 Å². The topological polar surface area (TPSA) is 80.8 Å². The Hall–Kier alpha value is -3.19. The smallest absolute Gasteiger partial charge is 0.234 e. The molecule has 2 aromatic rings. The molecule has 7 nitrogen and oxygen atoms in total. The molecule has 2 fully saturated rings. The number of nitrogens with one attached hydrogen (secondary N) is 1. The predicted molar refractivity (Wildman–Crippen MR) is 105 cm³/mol. The Kier molecular flexibility index (Phi) is 4.13. The molecule has 0 saturated carbocycles. The first-order chi connectivity index (χ1) is 14.1. The van der Waals surface area contributed by atoms with E-state index in [1.165, 1.54) is 0 Å². The maximum Gasteiger partial charge on any atom is 0.234 e. The van der Waals surface area contributed by atoms with Crippen molar-refractivity contribution in [1.82, 2.24) is 10.3 Å². The van der Waals surface area contributed by atoms with Gasteiger partial charge in [0.15, 0.2) is 0 Å². The molecule has 4 atom stereocenters. The molecule has 1 unspecified atom stereocenters. The molecule has 1 N–H and O–H groups in total. The molecular weight excluding hydrogens is 370 g/mol. The average Bonchev–Trinajstić information content (AvgIpc) is 3.41. The van der Waals surface area contributed by atoms with Crippen LogP contribution < -0.4 is 15.0 Å². The first-order valence-corrected chi connectivity index (χ1v) is 9.60. The number of hydrogen-bond donors (Lipinski definition) is 1. The number of benzene rings is 1. The Morgan fingerprint density at radius 3 is 2.76 bits per heavy atom. The quantitative estimate of drug-likeness (QED) is 0.785. The highest BCUT2D eigenvalue weighted by atomic mass is 16.5. The van der Waals surface area contributed by atoms with Crippen LogP contribution in [-0.2, 0) is 20.9 Å². The molecule has 0 radical (unpaired) electrons. The van der Waals surface area contributed by atoms with Crippen molar-refractivity contribution in [2.45, 2.75) is 18.2 Å². The van der Waals surface area contributed by atoms with E-state index in [0.29, 0.717) is 13.1 Å². The highest BCUT2D eigenvalue weighted by molar-refractivity contribution is 6.03. The van der Waals surface area contributed by atoms with Gasteiger partial charge < -0.3 is 19.7 Å². The van der Waals surface area contributed by atoms with Gasteiger partial charge >= 0.3 is 0 Å². The number of aromatic nitrogens is 1. The number of fused-ring (bicyclic) bond motifs is 1. The molecule has 29 heavy (non-hydrogen) atoms. The summed E-state index contributed by atoms with van der Waals surface area (Å²) in [6, 6.07) is 11.0. The number of hydrogen-bond acceptors (Lipinski definition) is 5. The number of rotatable bonds is 5. The van der Waals surface area contributed by atoms with Crippen LogP contribution in [0.3, 0.4) is 0 Å². The van der Waals surface area contributed by atoms with Gasteiger partial charge in [-0.2, -0.15) is 0 Å². The van der Waals surface area contributed by atoms with Gasteiger partial charge in [0.25, 0.3) is 0 Å². The minimum atomic E-state index is -0.736. The van der Waals surface area contributed by atoms with Crippen LogP contribution in [0.2, 0.25) is 0 Å². The van der Waals surface area contributed by atoms with Crippen molar-refractivity contribution >= 4 is 17.5 Å². The van der Waals surface area contributed by atoms with Gasteiger partial charge in [-0.1, -0.05) is 12.2 Å². The Balaban J connectivity index is 1.37. The van der Waals surface area contributed by atoms with Crippen molar-refractivity contribution in [2.75, 3.05) is 18.6 Å². The third kappa shape index (κ3) is 2.81. The third-order valence-electron chi connectivity index (χ3n) is 6.00. The second-order valence-corrected chi connectivity index (χ2v) is 7.60. The summed E-state index contributed by atoms with van der Waals surface area (Å²) in [6.45, 7) is 0.800. The van der Waals surface area contributed by atoms with E-state index in [0.717, 1.165) is 17.0 Å². The van der Waals surface area contributed by atoms with Gasteiger partial charge in [-0.15, -0.1) is 0 Å². The molecule has 1 spiro atoms. The van der Waals surface area contributed by atoms with Crippen molar-refractivity contribution < 1.29 is 19.1 Å². The lowest BCUT2D eigenvalue weighted by Crippen LogP contribution is -2.43. The van der Waals surface area contributed by atoms with Gasteiger partial charge in [0, 0.05) is 24.6 Å². The summed E-state index contributed by atoms with van der Waals surface area (Å²) < 4.78 is 11.4. The Labute approximate surface area is 168 Å². The highest BCUT2D eigenvalue weighted by Gasteiger charge is 2.67. The Morgan fingerprint density at radius 2 is 2.03 bits per heavy atom. The van der Waals surface area contributed by atoms with Crippen LogP contribution in [-0.4, -0.2) is 42.2 Å². The molecule has 7 heteroatoms. The number of carbonyl (C=O) groups excluding carboxylic acids is 2. The molecule has 1 aromatic heterocycles. The van der Waals surface area contributed by atoms with Gasteiger partial charge in [0.05, 0.1) is 31.6 Å². The molecule has 5 rings (SSSR count). The molecule has 1 aromatic carbocycles. The minimum Gasteiger partial charge on any atom is -0.497 e. The lowest BCUT2D eigenvalue weighted by molar-refractivity contribution is -0.132. The van der Waals surface area contributed by atoms with E-state index in [4.69, 9.17) is 9.47 Å². The molecular formula is C22H21N3O4. The van der Waals surface area contributed by atoms with E-state index in [1.807, 2.05) is 48.6 Å². The van der Waals surface area contributed by atoms with Crippen LogP contribution in [0.5, 0.6) is 5.75 Å². The molecule has 2 saturated heterocycles. The van der Waals surface area contributed by atoms with Crippen LogP contribution in [0.4, 0.5) is 5.69 Å². The van der Waals surface area contributed by atoms with Gasteiger partial charge in [0.2, 0.25) is 11.8 Å². The summed E-state index contributed by atoms with van der Waals surface area (Å²) in [4.78, 5) is 32.0. The SMILES string of the molecule is COc1ccc(N2C[C@]34C=C[C@@H](O3)C(C(=O)NCc3ccncc3)[C@H]4C2=O)cc1. The fraction of sp³-hybridized carbons (Fsp3) is 0.318. The standard InChI is InChI=1S/C22H21N3O4/c1-28-16-4-2-15(3-5-16)25-13-22-9-6-17(29-22)18(19(22)21(25)27)20(26)24-12-14-7-10-23-11-8-14/h2-11,17-19H,12-13H2,1H3,(H,24,26)/t17-,18?,19+,22+/m1/s1. The average molecular weight is 391 g/mol. The van der Waals surface area contributed by atoms with Crippen molar-refractivity contribution in [3.8, 4) is 5.75 Å². The third-order valence-corrected chi connectivity index (χ3v) is 6.00. The van der Waals surface area contributed by atoms with Gasteiger partial charge in [-0.05, 0) is 42.0 Å². The second-order valence-electron chi connectivity index (χ2n) is 7.60. The maximum atomic E-state index is 13.3. The van der Waals surface area contributed by atoms with Gasteiger partial charge in [-0.25, -0.2) is 0 Å². The van der Waals surface area contributed by atoms with Crippen LogP contribution in [0.1, 0.15) is 5.56 Å². The molecule has 3 aliphatic heterocycles. The van der Waals surface area contributed by atoms with Crippen molar-refractivity contribution in [3.63, 3.8) is 0 Å². The number of anilines is 1. The van der Waals surface area contributed by atoms with Gasteiger partial charge in [-0.3, -0.25) is 14.6 Å². The van der Waals surface area contributed by atoms with E-state index in [1.54, 1.807) is 24.4 Å². The van der Waals surface area contributed by atoms with E-state index in [-0.39, 0.29) is 17.9 Å². The van der Waals surface area contributed by atoms with Crippen LogP contribution >= 0.6 is 0 Å². The Morgan fingerprint density at radius 1 is 1.28 bits per heavy atom. The van der Waals surface area contributed by atoms with E-state index in [9.17, 15) is 9.59 Å². The summed E-state index contributed by atoms with van der Waals surface area (Å²) in [5, 5.41) is 2.96. The van der Waals surface area contributed by atoms with Crippen molar-refractivity contribution in [1.29, 1.82) is 0 Å². The number of methoxy groups -OCH3 is 1. The maximum absolute atomic E-state index is 13.3. The van der Waals surface area contributed by atoms with E-state index < -0.39 is 17.4 Å². The van der Waals surface area contributed by atoms with E-state index >= 15 is 0 Å². The molecule has 2 amide bonds. The number of pyridine rings is 1. The summed E-state index contributed by atoms with van der Waals surface area (Å²) in [6.07, 6.45) is 6.88. The zero-order chi connectivity index (χ0) is 20.0. The summed E-state index contributed by atoms with van der Waals surface area (Å²) >= 11 is 0. The molecule has 2 bridgehead atoms. The summed E-state index contributed by atoms with van der Waals surface area (Å²) in [5.74, 6) is -0.558. The van der Waals surface area contributed by atoms with Crippen LogP contribution in [0, 0.1) is 11.8 Å². The van der Waals surface area contributed by atoms with Gasteiger partial charge in [0.1, 0.15) is 11.4 Å². The van der Waals surface area contributed by atoms with Crippen LogP contribution in [0.15, 0.2) is 60.9 Å². The van der Waals surface area contributed by atoms with Crippen molar-refractivity contribution in [3.05, 3.63) is 66.5 Å². The number of amides is 2. The highest BCUT2D eigenvalue weighted by Crippen LogP contribution is 2.52. The largest absolute Gasteiger partial charge is 0.497 e.